The van der Waals surface area contributed by atoms with Crippen LogP contribution in [0.2, 0.25) is 15.1 Å². The lowest BCUT2D eigenvalue weighted by Gasteiger charge is -2.48. The van der Waals surface area contributed by atoms with E-state index in [1.165, 1.54) is 37.4 Å². The monoisotopic (exact) mass is 1790 g/mol. The van der Waals surface area contributed by atoms with Crippen molar-refractivity contribution in [1.29, 1.82) is 0 Å². The van der Waals surface area contributed by atoms with Gasteiger partial charge in [0.25, 0.3) is 0 Å². The van der Waals surface area contributed by atoms with E-state index in [-0.39, 0.29) is 64.9 Å². The van der Waals surface area contributed by atoms with E-state index in [9.17, 15) is 65.4 Å². The van der Waals surface area contributed by atoms with E-state index in [1.54, 1.807) is 46.8 Å². The number of nitrogens with two attached hydrogens (primary N) is 1. The predicted molar refractivity (Wildman–Crippen MR) is 446 cm³/mol. The number of amides is 7. The van der Waals surface area contributed by atoms with Gasteiger partial charge in [-0.15, -0.1) is 0 Å². The third-order valence-corrected chi connectivity index (χ3v) is 24.0. The minimum absolute atomic E-state index is 0.116. The number of aromatic hydroxyl groups is 3. The highest BCUT2D eigenvalue weighted by Crippen LogP contribution is 2.51. The molecule has 0 aromatic heterocycles. The van der Waals surface area contributed by atoms with E-state index in [0.717, 1.165) is 65.2 Å². The molecule has 668 valence electrons. The van der Waals surface area contributed by atoms with Crippen molar-refractivity contribution in [1.82, 2.24) is 42.5 Å². The van der Waals surface area contributed by atoms with Crippen LogP contribution in [-0.4, -0.2) is 209 Å². The Morgan fingerprint density at radius 3 is 1.82 bits per heavy atom. The first-order valence-electron chi connectivity index (χ1n) is 40.3. The fourth-order valence-electron chi connectivity index (χ4n) is 16.3. The molecule has 0 aliphatic carbocycles. The second kappa shape index (κ2) is 37.9. The Kier molecular flexibility index (Phi) is 28.0. The molecular formula is C87H98Cl3N9O26. The summed E-state index contributed by atoms with van der Waals surface area (Å²) in [6.07, 6.45) is -22.1. The molecule has 3 saturated heterocycles. The van der Waals surface area contributed by atoms with E-state index in [1.807, 2.05) is 50.2 Å². The quantitative estimate of drug-likeness (QED) is 0.0454. The number of rotatable bonds is 19. The molecule has 15 rings (SSSR count). The number of benzene rings is 7. The highest BCUT2D eigenvalue weighted by Gasteiger charge is 2.53. The van der Waals surface area contributed by atoms with Gasteiger partial charge in [-0.1, -0.05) is 117 Å². The number of carbonyl (C=O) groups is 8. The summed E-state index contributed by atoms with van der Waals surface area (Å²) in [5.41, 5.74) is 3.54. The van der Waals surface area contributed by atoms with Gasteiger partial charge in [0.2, 0.25) is 53.4 Å². The van der Waals surface area contributed by atoms with Crippen molar-refractivity contribution in [3.8, 4) is 68.2 Å². The van der Waals surface area contributed by atoms with Crippen LogP contribution in [0.25, 0.3) is 22.3 Å². The molecule has 38 heteroatoms. The van der Waals surface area contributed by atoms with Crippen LogP contribution in [0, 0.1) is 11.3 Å². The summed E-state index contributed by atoms with van der Waals surface area (Å²) < 4.78 is 53.1. The first-order chi connectivity index (χ1) is 59.2. The highest BCUT2D eigenvalue weighted by atomic mass is 35.5. The number of aliphatic hydroxyl groups excluding tert-OH is 6. The van der Waals surface area contributed by atoms with Crippen LogP contribution < -0.4 is 62.5 Å². The fraction of sp³-hybridized carbons (Fsp3) is 0.425. The number of nitrogens with one attached hydrogen (secondary N) is 8. The molecule has 8 heterocycles. The molecule has 21 atom stereocenters. The van der Waals surface area contributed by atoms with Crippen molar-refractivity contribution in [2.75, 3.05) is 13.7 Å². The molecule has 8 aliphatic heterocycles. The zero-order chi connectivity index (χ0) is 90.3. The van der Waals surface area contributed by atoms with E-state index in [2.05, 4.69) is 42.5 Å². The van der Waals surface area contributed by atoms with Gasteiger partial charge in [-0.05, 0) is 151 Å². The number of likely N-dealkylation sites (N-methyl/N-ethyl adjacent to an activating group) is 1. The fourth-order valence-corrected chi connectivity index (χ4v) is 16.9. The molecular weight excluding hydrogens is 1690 g/mol. The van der Waals surface area contributed by atoms with E-state index in [0.29, 0.717) is 5.02 Å². The van der Waals surface area contributed by atoms with Crippen molar-refractivity contribution in [2.45, 2.75) is 208 Å². The van der Waals surface area contributed by atoms with Crippen LogP contribution in [0.3, 0.4) is 0 Å². The number of aliphatic hydroxyl groups is 6. The first kappa shape index (κ1) is 92.1. The maximum atomic E-state index is 16.6. The number of carbonyl (C=O) groups excluding carboxylic acids is 7. The van der Waals surface area contributed by atoms with Crippen LogP contribution in [0.4, 0.5) is 0 Å². The molecule has 11 bridgehead atoms. The third kappa shape index (κ3) is 20.2. The van der Waals surface area contributed by atoms with Gasteiger partial charge >= 0.3 is 5.97 Å². The summed E-state index contributed by atoms with van der Waals surface area (Å²) in [6.45, 7) is 11.1. The summed E-state index contributed by atoms with van der Waals surface area (Å²) in [4.78, 5) is 121. The maximum Gasteiger partial charge on any atom is 0.330 e. The Morgan fingerprint density at radius 1 is 0.624 bits per heavy atom. The van der Waals surface area contributed by atoms with Crippen LogP contribution in [-0.2, 0) is 68.6 Å². The molecule has 3 fully saturated rings. The highest BCUT2D eigenvalue weighted by molar-refractivity contribution is 6.32. The third-order valence-electron chi connectivity index (χ3n) is 23.1. The lowest BCUT2D eigenvalue weighted by Crippen LogP contribution is -2.65. The molecule has 0 spiro atoms. The number of primary amides is 1. The SMILES string of the molecule is CN[C@H](CC(C)C)C(=O)N[C@@H]1C(=O)NC(CC(N)=O)C(=O)NC2C(=O)NC3C(=O)N[C@H](C(=O)NC(C(=O)O)c4cc(O)cc(O)c4-c4cc3ccc4O)[C@H](OC3CC(C)(C)C(O)C(C)O3)c3ccc(c(Cl)c3)Oc3cc2cc(c3OC2OC(CO)C(O)C(O)C2OC2CC(C)(NCc3ccc(-c4ccc(Cl)cc4)cc3)C(O)C(C)O2)Oc2ccc(cc2Cl)C1O. The summed E-state index contributed by atoms with van der Waals surface area (Å²) in [6, 6.07) is 14.8. The standard InChI is InChI=1S/C87H98Cl3N9O26/c1-36(2)23-52(92-8)78(110)98-68-70(105)43-16-21-56(50(89)25-43)120-58-27-45-28-59(74(58)125-85-75(72(107)71(106)60(35-100)122-85)124-63-33-87(7,77(109)38(4)119-63)93-34-39-9-11-40(12-10-39)41-13-18-46(88)19-14-41)121-57-22-17-44(26-51(57)90)73(123-62-32-86(5,6)76(108)37(3)118-62)69-83(115)97-67(84(116)117)49-29-47(101)30-55(103)64(49)48-24-42(15-20-54(48)102)65(80(112)99-69)96-81(113)66(45)95-79(111)53(31-61(91)104)94-82(68)114/h9-22,24-30,36-38,52-53,60,62-63,65-73,75-77,85,92-93,100-103,105-109H,23,31-35H2,1-8H3,(H2,91,104)(H,94,114)(H,95,111)(H,96,113)(H,97,115)(H,98,110)(H,99,112)(H,116,117)/t37?,38?,52-,53?,60?,62?,63?,65?,66?,67?,68+,69+,70?,71?,72?,73-,75?,76?,77?,85?,87?/m1/s1. The van der Waals surface area contributed by atoms with Gasteiger partial charge in [-0.2, -0.15) is 0 Å². The molecule has 7 aromatic carbocycles. The van der Waals surface area contributed by atoms with Gasteiger partial charge in [-0.3, -0.25) is 33.6 Å². The van der Waals surface area contributed by atoms with Crippen LogP contribution >= 0.6 is 34.8 Å². The predicted octanol–water partition coefficient (Wildman–Crippen LogP) is 5.80. The van der Waals surface area contributed by atoms with Crippen molar-refractivity contribution in [2.24, 2.45) is 17.1 Å². The number of halogens is 3. The molecule has 0 saturated carbocycles. The molecule has 17 unspecified atom stereocenters. The summed E-state index contributed by atoms with van der Waals surface area (Å²) in [7, 11) is 1.48. The number of aliphatic carboxylic acids is 1. The summed E-state index contributed by atoms with van der Waals surface area (Å²) >= 11 is 20.9. The zero-order valence-electron chi connectivity index (χ0n) is 68.7. The van der Waals surface area contributed by atoms with Crippen molar-refractivity contribution in [3.63, 3.8) is 0 Å². The average Bonchev–Trinajstić information content (AvgIpc) is 0.762. The minimum Gasteiger partial charge on any atom is -0.508 e. The van der Waals surface area contributed by atoms with Gasteiger partial charge in [0.05, 0.1) is 53.5 Å². The Balaban J connectivity index is 1.02. The lowest BCUT2D eigenvalue weighted by atomic mass is 9.78. The topological polar surface area (TPSA) is 535 Å². The number of phenols is 3. The summed E-state index contributed by atoms with van der Waals surface area (Å²) in [5, 5.41) is 138. The number of fused-ring (bicyclic) bond motifs is 15. The second-order valence-electron chi connectivity index (χ2n) is 33.2. The number of carboxylic acid groups (broad SMARTS) is 1. The molecule has 0 radical (unpaired) electrons. The second-order valence-corrected chi connectivity index (χ2v) is 34.5. The lowest BCUT2D eigenvalue weighted by molar-refractivity contribution is -0.334. The number of hydrogen-bond acceptors (Lipinski definition) is 27. The smallest absolute Gasteiger partial charge is 0.330 e. The van der Waals surface area contributed by atoms with Crippen LogP contribution in [0.15, 0.2) is 127 Å². The Hall–Kier alpha value is -10.6. The number of phenolic OH excluding ortho intramolecular Hbond substituents is 3. The molecule has 7 aromatic rings. The van der Waals surface area contributed by atoms with Crippen molar-refractivity contribution < 1.29 is 127 Å². The van der Waals surface area contributed by atoms with Crippen LogP contribution in [0.1, 0.15) is 138 Å². The Labute approximate surface area is 731 Å². The van der Waals surface area contributed by atoms with Gasteiger partial charge in [0, 0.05) is 52.7 Å². The van der Waals surface area contributed by atoms with E-state index >= 15 is 24.0 Å². The largest absolute Gasteiger partial charge is 0.508 e. The molecule has 125 heavy (non-hydrogen) atoms. The molecule has 8 aliphatic rings. The Bertz CT molecular complexity index is 5250. The molecule has 35 nitrogen and oxygen atoms in total. The van der Waals surface area contributed by atoms with Gasteiger partial charge in [0.1, 0.15) is 89.5 Å². The molecule has 20 N–H and O–H groups in total. The van der Waals surface area contributed by atoms with E-state index in [4.69, 9.17) is 78.4 Å². The number of ether oxygens (including phenoxy) is 8. The van der Waals surface area contributed by atoms with Gasteiger partial charge in [0.15, 0.2) is 36.2 Å². The first-order valence-corrected chi connectivity index (χ1v) is 41.4. The number of hydrogen-bond donors (Lipinski definition) is 19. The summed E-state index contributed by atoms with van der Waals surface area (Å²) in [5.74, 6) is -15.9. The Morgan fingerprint density at radius 2 is 1.22 bits per heavy atom. The van der Waals surface area contributed by atoms with Gasteiger partial charge < -0.3 is 137 Å². The van der Waals surface area contributed by atoms with Crippen molar-refractivity contribution >= 4 is 82.1 Å². The molecule has 7 amide bonds. The maximum absolute atomic E-state index is 16.6. The minimum atomic E-state index is -2.39. The van der Waals surface area contributed by atoms with E-state index < -0.39 is 255 Å². The van der Waals surface area contributed by atoms with Gasteiger partial charge in [-0.25, -0.2) is 4.79 Å². The average molecular weight is 1790 g/mol. The normalized spacial score (nSPS) is 29.0. The zero-order valence-corrected chi connectivity index (χ0v) is 71.0. The van der Waals surface area contributed by atoms with Crippen LogP contribution in [0.5, 0.6) is 46.0 Å². The number of carboxylic acids is 1. The van der Waals surface area contributed by atoms with Crippen molar-refractivity contribution in [3.05, 3.63) is 176 Å².